The minimum atomic E-state index is 0.494. The largest absolute Gasteiger partial charge is 0.381 e. The van der Waals surface area contributed by atoms with Crippen LogP contribution in [-0.2, 0) is 9.47 Å². The van der Waals surface area contributed by atoms with Crippen LogP contribution in [0.15, 0.2) is 0 Å². The Labute approximate surface area is 165 Å². The van der Waals surface area contributed by atoms with Gasteiger partial charge in [-0.3, -0.25) is 0 Å². The Hall–Kier alpha value is -0.0800. The molecule has 0 radical (unpaired) electrons. The standard InChI is InChI=1S/C24H50O2/c1-17(2)11-22(19(5)6)13-25-15-24(21(9)10)16-26-14-23(20(7)8)12-18(3)4/h17-24H,11-16H2,1-10H3/t22-,23+,24-. The summed E-state index contributed by atoms with van der Waals surface area (Å²) >= 11 is 0. The highest BCUT2D eigenvalue weighted by molar-refractivity contribution is 4.68. The molecular weight excluding hydrogens is 320 g/mol. The fourth-order valence-corrected chi connectivity index (χ4v) is 3.45. The topological polar surface area (TPSA) is 18.5 Å². The summed E-state index contributed by atoms with van der Waals surface area (Å²) in [5, 5.41) is 0. The minimum Gasteiger partial charge on any atom is -0.381 e. The van der Waals surface area contributed by atoms with E-state index in [0.717, 1.165) is 38.3 Å². The van der Waals surface area contributed by atoms with E-state index in [4.69, 9.17) is 9.47 Å². The summed E-state index contributed by atoms with van der Waals surface area (Å²) in [5.41, 5.74) is 0. The van der Waals surface area contributed by atoms with Crippen molar-refractivity contribution in [3.63, 3.8) is 0 Å². The molecule has 0 aromatic rings. The molecule has 0 aliphatic heterocycles. The van der Waals surface area contributed by atoms with Gasteiger partial charge in [-0.1, -0.05) is 69.2 Å². The van der Waals surface area contributed by atoms with Crippen molar-refractivity contribution < 1.29 is 9.47 Å². The van der Waals surface area contributed by atoms with Gasteiger partial charge in [0.1, 0.15) is 0 Å². The van der Waals surface area contributed by atoms with Crippen molar-refractivity contribution in [2.24, 2.45) is 47.3 Å². The molecule has 0 spiro atoms. The lowest BCUT2D eigenvalue weighted by Crippen LogP contribution is -2.27. The monoisotopic (exact) mass is 370 g/mol. The molecule has 0 aromatic carbocycles. The molecule has 2 heteroatoms. The maximum Gasteiger partial charge on any atom is 0.0518 e. The van der Waals surface area contributed by atoms with Crippen molar-refractivity contribution in [1.29, 1.82) is 0 Å². The van der Waals surface area contributed by atoms with Gasteiger partial charge >= 0.3 is 0 Å². The van der Waals surface area contributed by atoms with Gasteiger partial charge in [0.25, 0.3) is 0 Å². The van der Waals surface area contributed by atoms with Gasteiger partial charge in [0.2, 0.25) is 0 Å². The molecule has 0 bridgehead atoms. The van der Waals surface area contributed by atoms with Crippen LogP contribution >= 0.6 is 0 Å². The molecule has 0 aliphatic rings. The van der Waals surface area contributed by atoms with Crippen LogP contribution in [0.2, 0.25) is 0 Å². The van der Waals surface area contributed by atoms with Crippen LogP contribution < -0.4 is 0 Å². The van der Waals surface area contributed by atoms with E-state index in [1.807, 2.05) is 0 Å². The van der Waals surface area contributed by atoms with Gasteiger partial charge in [0.15, 0.2) is 0 Å². The zero-order chi connectivity index (χ0) is 20.3. The summed E-state index contributed by atoms with van der Waals surface area (Å²) in [4.78, 5) is 0. The lowest BCUT2D eigenvalue weighted by Gasteiger charge is -2.27. The first-order valence-corrected chi connectivity index (χ1v) is 11.2. The van der Waals surface area contributed by atoms with Crippen LogP contribution in [0.4, 0.5) is 0 Å². The van der Waals surface area contributed by atoms with Crippen molar-refractivity contribution in [2.45, 2.75) is 82.1 Å². The highest BCUT2D eigenvalue weighted by Gasteiger charge is 2.20. The maximum absolute atomic E-state index is 6.17. The van der Waals surface area contributed by atoms with E-state index in [1.165, 1.54) is 12.8 Å². The molecule has 158 valence electrons. The van der Waals surface area contributed by atoms with E-state index >= 15 is 0 Å². The maximum atomic E-state index is 6.17. The highest BCUT2D eigenvalue weighted by Crippen LogP contribution is 2.23. The Bertz CT molecular complexity index is 292. The molecular formula is C24H50O2. The van der Waals surface area contributed by atoms with Gasteiger partial charge in [-0.05, 0) is 54.3 Å². The molecule has 0 saturated heterocycles. The van der Waals surface area contributed by atoms with Gasteiger partial charge in [-0.25, -0.2) is 0 Å². The minimum absolute atomic E-state index is 0.494. The fourth-order valence-electron chi connectivity index (χ4n) is 3.45. The number of ether oxygens (including phenoxy) is 2. The van der Waals surface area contributed by atoms with Crippen molar-refractivity contribution in [3.8, 4) is 0 Å². The van der Waals surface area contributed by atoms with Crippen molar-refractivity contribution in [3.05, 3.63) is 0 Å². The van der Waals surface area contributed by atoms with E-state index in [2.05, 4.69) is 69.2 Å². The van der Waals surface area contributed by atoms with Crippen molar-refractivity contribution in [2.75, 3.05) is 26.4 Å². The van der Waals surface area contributed by atoms with Gasteiger partial charge in [-0.2, -0.15) is 0 Å². The molecule has 3 atom stereocenters. The summed E-state index contributed by atoms with van der Waals surface area (Å²) in [5.74, 6) is 5.28. The van der Waals surface area contributed by atoms with Gasteiger partial charge in [0, 0.05) is 19.1 Å². The predicted molar refractivity (Wildman–Crippen MR) is 116 cm³/mol. The third-order valence-corrected chi connectivity index (χ3v) is 5.70. The van der Waals surface area contributed by atoms with Gasteiger partial charge in [-0.15, -0.1) is 0 Å². The Morgan fingerprint density at radius 3 is 0.923 bits per heavy atom. The summed E-state index contributed by atoms with van der Waals surface area (Å²) in [6.45, 7) is 26.5. The first kappa shape index (κ1) is 25.9. The molecule has 0 heterocycles. The van der Waals surface area contributed by atoms with Gasteiger partial charge < -0.3 is 9.47 Å². The molecule has 0 rings (SSSR count). The quantitative estimate of drug-likeness (QED) is 0.311. The molecule has 2 nitrogen and oxygen atoms in total. The zero-order valence-corrected chi connectivity index (χ0v) is 19.7. The first-order valence-electron chi connectivity index (χ1n) is 11.2. The zero-order valence-electron chi connectivity index (χ0n) is 19.7. The molecule has 0 saturated carbocycles. The van der Waals surface area contributed by atoms with Gasteiger partial charge in [0.05, 0.1) is 13.2 Å². The SMILES string of the molecule is CC(C)C[C@@H](COC[C@@H](COC[C@@H](CC(C)C)C(C)C)C(C)C)C(C)C. The number of hydrogen-bond acceptors (Lipinski definition) is 2. The summed E-state index contributed by atoms with van der Waals surface area (Å²) in [6, 6.07) is 0. The molecule has 0 N–H and O–H groups in total. The Morgan fingerprint density at radius 1 is 0.423 bits per heavy atom. The van der Waals surface area contributed by atoms with Crippen LogP contribution in [-0.4, -0.2) is 26.4 Å². The third kappa shape index (κ3) is 12.3. The molecule has 0 unspecified atom stereocenters. The Balaban J connectivity index is 4.35. The smallest absolute Gasteiger partial charge is 0.0518 e. The number of rotatable bonds is 15. The molecule has 0 fully saturated rings. The highest BCUT2D eigenvalue weighted by atomic mass is 16.5. The third-order valence-electron chi connectivity index (χ3n) is 5.70. The lowest BCUT2D eigenvalue weighted by molar-refractivity contribution is -0.0101. The van der Waals surface area contributed by atoms with Crippen molar-refractivity contribution >= 4 is 0 Å². The second-order valence-corrected chi connectivity index (χ2v) is 10.3. The first-order chi connectivity index (χ1) is 12.0. The van der Waals surface area contributed by atoms with E-state index in [9.17, 15) is 0 Å². The molecule has 0 aromatic heterocycles. The predicted octanol–water partition coefficient (Wildman–Crippen LogP) is 6.93. The molecule has 0 aliphatic carbocycles. The molecule has 0 amide bonds. The van der Waals surface area contributed by atoms with E-state index in [0.29, 0.717) is 35.5 Å². The van der Waals surface area contributed by atoms with Crippen LogP contribution in [0.25, 0.3) is 0 Å². The Kier molecular flexibility index (Phi) is 14.0. The lowest BCUT2D eigenvalue weighted by atomic mass is 9.88. The van der Waals surface area contributed by atoms with Crippen LogP contribution in [0.5, 0.6) is 0 Å². The van der Waals surface area contributed by atoms with Crippen LogP contribution in [0.1, 0.15) is 82.1 Å². The van der Waals surface area contributed by atoms with Crippen LogP contribution in [0, 0.1) is 47.3 Å². The average molecular weight is 371 g/mol. The summed E-state index contributed by atoms with van der Waals surface area (Å²) in [7, 11) is 0. The summed E-state index contributed by atoms with van der Waals surface area (Å²) < 4.78 is 12.3. The van der Waals surface area contributed by atoms with E-state index in [1.54, 1.807) is 0 Å². The average Bonchev–Trinajstić information content (AvgIpc) is 2.49. The van der Waals surface area contributed by atoms with Crippen molar-refractivity contribution in [1.82, 2.24) is 0 Å². The summed E-state index contributed by atoms with van der Waals surface area (Å²) in [6.07, 6.45) is 2.51. The van der Waals surface area contributed by atoms with Crippen LogP contribution in [0.3, 0.4) is 0 Å². The second-order valence-electron chi connectivity index (χ2n) is 10.3. The second kappa shape index (κ2) is 14.0. The van der Waals surface area contributed by atoms with E-state index in [-0.39, 0.29) is 0 Å². The van der Waals surface area contributed by atoms with E-state index < -0.39 is 0 Å². The molecule has 26 heavy (non-hydrogen) atoms. The number of hydrogen-bond donors (Lipinski definition) is 0. The normalized spacial score (nSPS) is 16.3. The Morgan fingerprint density at radius 2 is 0.692 bits per heavy atom. The fraction of sp³-hybridized carbons (Fsp3) is 1.00.